The lowest BCUT2D eigenvalue weighted by Gasteiger charge is -2.24. The van der Waals surface area contributed by atoms with Gasteiger partial charge in [0.15, 0.2) is 0 Å². The molecule has 0 saturated carbocycles. The van der Waals surface area contributed by atoms with Crippen molar-refractivity contribution in [3.8, 4) is 0 Å². The maximum absolute atomic E-state index is 11.4. The second-order valence-corrected chi connectivity index (χ2v) is 4.81. The number of amides is 1. The van der Waals surface area contributed by atoms with E-state index in [9.17, 15) is 4.79 Å². The summed E-state index contributed by atoms with van der Waals surface area (Å²) in [6, 6.07) is 0. The van der Waals surface area contributed by atoms with Crippen LogP contribution < -0.4 is 5.32 Å². The molecule has 0 saturated heterocycles. The molecule has 0 aromatic heterocycles. The van der Waals surface area contributed by atoms with Crippen LogP contribution >= 0.6 is 0 Å². The first-order valence-corrected chi connectivity index (χ1v) is 5.96. The molecule has 0 radical (unpaired) electrons. The lowest BCUT2D eigenvalue weighted by molar-refractivity contribution is -0.126. The Kier molecular flexibility index (Phi) is 9.03. The van der Waals surface area contributed by atoms with Crippen molar-refractivity contribution in [3.63, 3.8) is 0 Å². The molecule has 0 aromatic rings. The van der Waals surface area contributed by atoms with E-state index in [4.69, 9.17) is 14.6 Å². The van der Waals surface area contributed by atoms with E-state index < -0.39 is 0 Å². The smallest absolute Gasteiger partial charge is 0.246 e. The summed E-state index contributed by atoms with van der Waals surface area (Å²) in [6.07, 6.45) is 1.64. The Morgan fingerprint density at radius 3 is 2.65 bits per heavy atom. The third kappa shape index (κ3) is 10.2. The highest BCUT2D eigenvalue weighted by Gasteiger charge is 2.18. The Morgan fingerprint density at radius 2 is 2.06 bits per heavy atom. The number of methoxy groups -OCH3 is 1. The van der Waals surface area contributed by atoms with Crippen LogP contribution in [0, 0.1) is 5.41 Å². The Bertz CT molecular complexity index is 207. The molecule has 0 bridgehead atoms. The number of aliphatic hydroxyl groups excluding tert-OH is 1. The summed E-state index contributed by atoms with van der Waals surface area (Å²) >= 11 is 0. The Morgan fingerprint density at radius 1 is 1.35 bits per heavy atom. The molecule has 0 atom stereocenters. The number of aliphatic hydroxyl groups is 1. The fraction of sp³-hybridized carbons (Fsp3) is 0.917. The first kappa shape index (κ1) is 16.4. The second-order valence-electron chi connectivity index (χ2n) is 4.81. The fourth-order valence-corrected chi connectivity index (χ4v) is 1.34. The summed E-state index contributed by atoms with van der Waals surface area (Å²) in [7, 11) is 1.59. The van der Waals surface area contributed by atoms with Gasteiger partial charge in [-0.3, -0.25) is 4.79 Å². The molecule has 0 aliphatic carbocycles. The van der Waals surface area contributed by atoms with Gasteiger partial charge in [0.2, 0.25) is 5.91 Å². The molecule has 2 N–H and O–H groups in total. The van der Waals surface area contributed by atoms with Gasteiger partial charge >= 0.3 is 0 Å². The lowest BCUT2D eigenvalue weighted by atomic mass is 9.88. The maximum Gasteiger partial charge on any atom is 0.246 e. The van der Waals surface area contributed by atoms with Crippen LogP contribution in [-0.2, 0) is 14.3 Å². The highest BCUT2D eigenvalue weighted by atomic mass is 16.5. The number of rotatable bonds is 10. The van der Waals surface area contributed by atoms with Gasteiger partial charge in [-0.05, 0) is 18.3 Å². The SMILES string of the molecule is COCCOCC(=O)NCC(C)(C)CCCO. The molecular formula is C12H25NO4. The Labute approximate surface area is 103 Å². The highest BCUT2D eigenvalue weighted by molar-refractivity contribution is 5.77. The van der Waals surface area contributed by atoms with Gasteiger partial charge in [0.1, 0.15) is 6.61 Å². The van der Waals surface area contributed by atoms with E-state index in [0.717, 1.165) is 12.8 Å². The Hall–Kier alpha value is -0.650. The van der Waals surface area contributed by atoms with Crippen LogP contribution in [0.2, 0.25) is 0 Å². The number of nitrogens with one attached hydrogen (secondary N) is 1. The zero-order valence-electron chi connectivity index (χ0n) is 11.1. The third-order valence-electron chi connectivity index (χ3n) is 2.44. The van der Waals surface area contributed by atoms with Crippen LogP contribution in [0.25, 0.3) is 0 Å². The van der Waals surface area contributed by atoms with Crippen molar-refractivity contribution >= 4 is 5.91 Å². The summed E-state index contributed by atoms with van der Waals surface area (Å²) in [5, 5.41) is 11.6. The first-order chi connectivity index (χ1) is 8.02. The van der Waals surface area contributed by atoms with E-state index in [1.54, 1.807) is 7.11 Å². The van der Waals surface area contributed by atoms with Gasteiger partial charge in [0.05, 0.1) is 13.2 Å². The van der Waals surface area contributed by atoms with Crippen LogP contribution in [0.4, 0.5) is 0 Å². The largest absolute Gasteiger partial charge is 0.396 e. The first-order valence-electron chi connectivity index (χ1n) is 5.96. The molecule has 1 amide bonds. The molecule has 0 aliphatic heterocycles. The molecular weight excluding hydrogens is 222 g/mol. The Balaban J connectivity index is 3.60. The fourth-order valence-electron chi connectivity index (χ4n) is 1.34. The van der Waals surface area contributed by atoms with Crippen molar-refractivity contribution in [1.82, 2.24) is 5.32 Å². The summed E-state index contributed by atoms with van der Waals surface area (Å²) in [4.78, 5) is 11.4. The molecule has 0 fully saturated rings. The van der Waals surface area contributed by atoms with Gasteiger partial charge in [0, 0.05) is 20.3 Å². The molecule has 5 heteroatoms. The van der Waals surface area contributed by atoms with Gasteiger partial charge < -0.3 is 19.9 Å². The molecule has 0 spiro atoms. The van der Waals surface area contributed by atoms with Crippen molar-refractivity contribution in [2.45, 2.75) is 26.7 Å². The van der Waals surface area contributed by atoms with E-state index >= 15 is 0 Å². The highest BCUT2D eigenvalue weighted by Crippen LogP contribution is 2.20. The third-order valence-corrected chi connectivity index (χ3v) is 2.44. The zero-order valence-corrected chi connectivity index (χ0v) is 11.1. The maximum atomic E-state index is 11.4. The van der Waals surface area contributed by atoms with Crippen LogP contribution in [0.3, 0.4) is 0 Å². The summed E-state index contributed by atoms with van der Waals surface area (Å²) in [5.41, 5.74) is 0.00488. The standard InChI is InChI=1S/C12H25NO4/c1-12(2,5-4-6-14)10-13-11(15)9-17-8-7-16-3/h14H,4-10H2,1-3H3,(H,13,15). The topological polar surface area (TPSA) is 67.8 Å². The molecule has 5 nitrogen and oxygen atoms in total. The minimum atomic E-state index is -0.113. The van der Waals surface area contributed by atoms with E-state index in [0.29, 0.717) is 19.8 Å². The average Bonchev–Trinajstić information content (AvgIpc) is 2.30. The monoisotopic (exact) mass is 247 g/mol. The number of ether oxygens (including phenoxy) is 2. The number of carbonyl (C=O) groups excluding carboxylic acids is 1. The van der Waals surface area contributed by atoms with Crippen molar-refractivity contribution in [2.75, 3.05) is 40.1 Å². The molecule has 0 rings (SSSR count). The van der Waals surface area contributed by atoms with E-state index in [2.05, 4.69) is 19.2 Å². The van der Waals surface area contributed by atoms with Crippen LogP contribution in [0.1, 0.15) is 26.7 Å². The minimum Gasteiger partial charge on any atom is -0.396 e. The van der Waals surface area contributed by atoms with Gasteiger partial charge in [-0.1, -0.05) is 13.8 Å². The normalized spacial score (nSPS) is 11.5. The molecule has 0 aromatic carbocycles. The molecule has 0 heterocycles. The van der Waals surface area contributed by atoms with Gasteiger partial charge in [-0.15, -0.1) is 0 Å². The van der Waals surface area contributed by atoms with E-state index in [1.807, 2.05) is 0 Å². The van der Waals surface area contributed by atoms with Crippen LogP contribution in [0.15, 0.2) is 0 Å². The van der Waals surface area contributed by atoms with Gasteiger partial charge in [-0.2, -0.15) is 0 Å². The van der Waals surface area contributed by atoms with Gasteiger partial charge in [0.25, 0.3) is 0 Å². The minimum absolute atomic E-state index is 0.00488. The quantitative estimate of drug-likeness (QED) is 0.554. The summed E-state index contributed by atoms with van der Waals surface area (Å²) < 4.78 is 9.91. The van der Waals surface area contributed by atoms with Crippen LogP contribution in [-0.4, -0.2) is 51.1 Å². The lowest BCUT2D eigenvalue weighted by Crippen LogP contribution is -2.36. The average molecular weight is 247 g/mol. The number of hydrogen-bond acceptors (Lipinski definition) is 4. The number of hydrogen-bond donors (Lipinski definition) is 2. The zero-order chi connectivity index (χ0) is 13.1. The molecule has 0 unspecified atom stereocenters. The van der Waals surface area contributed by atoms with E-state index in [1.165, 1.54) is 0 Å². The summed E-state index contributed by atoms with van der Waals surface area (Å²) in [6.45, 7) is 5.91. The molecule has 102 valence electrons. The molecule has 0 aliphatic rings. The van der Waals surface area contributed by atoms with Crippen molar-refractivity contribution < 1.29 is 19.4 Å². The summed E-state index contributed by atoms with van der Waals surface area (Å²) in [5.74, 6) is -0.113. The second kappa shape index (κ2) is 9.39. The van der Waals surface area contributed by atoms with Crippen molar-refractivity contribution in [2.24, 2.45) is 5.41 Å². The van der Waals surface area contributed by atoms with Crippen LogP contribution in [0.5, 0.6) is 0 Å². The van der Waals surface area contributed by atoms with E-state index in [-0.39, 0.29) is 24.5 Å². The predicted molar refractivity (Wildman–Crippen MR) is 65.8 cm³/mol. The molecule has 17 heavy (non-hydrogen) atoms. The van der Waals surface area contributed by atoms with Gasteiger partial charge in [-0.25, -0.2) is 0 Å². The number of carbonyl (C=O) groups is 1. The van der Waals surface area contributed by atoms with Crippen molar-refractivity contribution in [1.29, 1.82) is 0 Å². The predicted octanol–water partition coefficient (Wildman–Crippen LogP) is 0.564. The van der Waals surface area contributed by atoms with Crippen molar-refractivity contribution in [3.05, 3.63) is 0 Å².